The van der Waals surface area contributed by atoms with E-state index in [0.29, 0.717) is 6.04 Å². The van der Waals surface area contributed by atoms with Crippen molar-refractivity contribution in [3.63, 3.8) is 0 Å². The first-order chi connectivity index (χ1) is 10.2. The zero-order valence-electron chi connectivity index (χ0n) is 12.9. The van der Waals surface area contributed by atoms with E-state index in [9.17, 15) is 4.79 Å². The molecule has 4 heteroatoms. The van der Waals surface area contributed by atoms with Crippen molar-refractivity contribution >= 4 is 5.91 Å². The second-order valence-corrected chi connectivity index (χ2v) is 6.21. The minimum absolute atomic E-state index is 0.0976. The summed E-state index contributed by atoms with van der Waals surface area (Å²) in [7, 11) is 0. The first-order valence-electron chi connectivity index (χ1n) is 7.91. The van der Waals surface area contributed by atoms with E-state index >= 15 is 0 Å². The number of hydrogen-bond acceptors (Lipinski definition) is 3. The summed E-state index contributed by atoms with van der Waals surface area (Å²) in [6, 6.07) is 8.77. The highest BCUT2D eigenvalue weighted by atomic mass is 16.5. The molecule has 4 nitrogen and oxygen atoms in total. The van der Waals surface area contributed by atoms with Crippen molar-refractivity contribution in [1.29, 1.82) is 0 Å². The minimum atomic E-state index is 0.0976. The Hall–Kier alpha value is -1.55. The number of fused-ring (bicyclic) bond motifs is 1. The molecule has 0 N–H and O–H groups in total. The van der Waals surface area contributed by atoms with E-state index in [1.807, 2.05) is 24.8 Å². The molecular formula is C17H24N2O2. The molecule has 0 spiro atoms. The molecule has 21 heavy (non-hydrogen) atoms. The van der Waals surface area contributed by atoms with Crippen LogP contribution in [0.5, 0.6) is 5.75 Å². The smallest absolute Gasteiger partial charge is 0.225 e. The molecule has 1 fully saturated rings. The lowest BCUT2D eigenvalue weighted by Crippen LogP contribution is -2.51. The molecule has 3 rings (SSSR count). The van der Waals surface area contributed by atoms with Crippen LogP contribution in [-0.4, -0.2) is 48.5 Å². The molecule has 2 aliphatic rings. The molecule has 1 aromatic carbocycles. The lowest BCUT2D eigenvalue weighted by molar-refractivity contribution is -0.136. The number of nitrogens with zero attached hydrogens (tertiary/aromatic N) is 2. The van der Waals surface area contributed by atoms with Crippen LogP contribution < -0.4 is 4.74 Å². The minimum Gasteiger partial charge on any atom is -0.493 e. The summed E-state index contributed by atoms with van der Waals surface area (Å²) in [5.41, 5.74) is 1.30. The molecular weight excluding hydrogens is 264 g/mol. The van der Waals surface area contributed by atoms with E-state index in [-0.39, 0.29) is 11.8 Å². The zero-order chi connectivity index (χ0) is 14.8. The Labute approximate surface area is 126 Å². The third kappa shape index (κ3) is 2.91. The molecule has 114 valence electrons. The molecule has 0 aliphatic carbocycles. The lowest BCUT2D eigenvalue weighted by Gasteiger charge is -2.41. The number of rotatable bonds is 2. The second kappa shape index (κ2) is 6.06. The average Bonchev–Trinajstić information content (AvgIpc) is 2.53. The van der Waals surface area contributed by atoms with Gasteiger partial charge in [0.15, 0.2) is 0 Å². The van der Waals surface area contributed by atoms with E-state index in [1.54, 1.807) is 0 Å². The fourth-order valence-electron chi connectivity index (χ4n) is 3.32. The maximum absolute atomic E-state index is 12.1. The molecule has 1 amide bonds. The summed E-state index contributed by atoms with van der Waals surface area (Å²) in [5.74, 6) is 1.40. The molecule has 0 saturated carbocycles. The summed E-state index contributed by atoms with van der Waals surface area (Å²) in [6.07, 6.45) is 1.04. The number of amides is 1. The van der Waals surface area contributed by atoms with Crippen molar-refractivity contribution in [3.8, 4) is 5.75 Å². The molecule has 1 aromatic rings. The van der Waals surface area contributed by atoms with Crippen molar-refractivity contribution in [2.45, 2.75) is 26.3 Å². The number of hydrogen-bond donors (Lipinski definition) is 0. The predicted molar refractivity (Wildman–Crippen MR) is 82.3 cm³/mol. The van der Waals surface area contributed by atoms with Gasteiger partial charge in [0.1, 0.15) is 5.75 Å². The van der Waals surface area contributed by atoms with Gasteiger partial charge in [0.25, 0.3) is 0 Å². The number of ether oxygens (including phenoxy) is 1. The zero-order valence-corrected chi connectivity index (χ0v) is 12.9. The van der Waals surface area contributed by atoms with Gasteiger partial charge in [-0.25, -0.2) is 0 Å². The molecule has 0 radical (unpaired) electrons. The van der Waals surface area contributed by atoms with Gasteiger partial charge in [-0.2, -0.15) is 0 Å². The van der Waals surface area contributed by atoms with Crippen molar-refractivity contribution in [3.05, 3.63) is 29.8 Å². The number of para-hydroxylation sites is 1. The highest BCUT2D eigenvalue weighted by molar-refractivity contribution is 5.78. The Morgan fingerprint density at radius 1 is 1.19 bits per heavy atom. The van der Waals surface area contributed by atoms with Gasteiger partial charge in [-0.3, -0.25) is 9.69 Å². The third-order valence-corrected chi connectivity index (χ3v) is 4.49. The van der Waals surface area contributed by atoms with Gasteiger partial charge in [0.2, 0.25) is 5.91 Å². The van der Waals surface area contributed by atoms with Crippen LogP contribution >= 0.6 is 0 Å². The van der Waals surface area contributed by atoms with Crippen LogP contribution in [0.1, 0.15) is 31.9 Å². The fraction of sp³-hybridized carbons (Fsp3) is 0.588. The van der Waals surface area contributed by atoms with Gasteiger partial charge in [-0.1, -0.05) is 32.0 Å². The number of piperazine rings is 1. The predicted octanol–water partition coefficient (Wildman–Crippen LogP) is 2.31. The van der Waals surface area contributed by atoms with Crippen molar-refractivity contribution in [1.82, 2.24) is 9.80 Å². The van der Waals surface area contributed by atoms with Gasteiger partial charge < -0.3 is 9.64 Å². The molecule has 0 bridgehead atoms. The van der Waals surface area contributed by atoms with E-state index in [2.05, 4.69) is 23.1 Å². The highest BCUT2D eigenvalue weighted by Gasteiger charge is 2.30. The lowest BCUT2D eigenvalue weighted by atomic mass is 9.98. The topological polar surface area (TPSA) is 32.8 Å². The first-order valence-corrected chi connectivity index (χ1v) is 7.91. The maximum atomic E-state index is 12.1. The summed E-state index contributed by atoms with van der Waals surface area (Å²) < 4.78 is 5.74. The van der Waals surface area contributed by atoms with Gasteiger partial charge in [0.05, 0.1) is 6.61 Å². The summed E-state index contributed by atoms with van der Waals surface area (Å²) in [6.45, 7) is 8.33. The fourth-order valence-corrected chi connectivity index (χ4v) is 3.32. The van der Waals surface area contributed by atoms with Crippen molar-refractivity contribution < 1.29 is 9.53 Å². The average molecular weight is 288 g/mol. The van der Waals surface area contributed by atoms with Crippen LogP contribution in [0.2, 0.25) is 0 Å². The van der Waals surface area contributed by atoms with Crippen LogP contribution in [0.3, 0.4) is 0 Å². The second-order valence-electron chi connectivity index (χ2n) is 6.21. The normalized spacial score (nSPS) is 22.8. The molecule has 1 unspecified atom stereocenters. The molecule has 1 saturated heterocycles. The van der Waals surface area contributed by atoms with E-state index < -0.39 is 0 Å². The van der Waals surface area contributed by atoms with E-state index in [1.165, 1.54) is 5.56 Å². The standard InChI is InChI=1S/C17H24N2O2/c1-13(2)17(20)19-10-8-18(9-11-19)15-7-12-21-16-6-4-3-5-14(15)16/h3-6,13,15H,7-12H2,1-2H3. The SMILES string of the molecule is CC(C)C(=O)N1CCN(C2CCOc3ccccc32)CC1. The summed E-state index contributed by atoms with van der Waals surface area (Å²) in [5, 5.41) is 0. The van der Waals surface area contributed by atoms with Crippen molar-refractivity contribution in [2.75, 3.05) is 32.8 Å². The van der Waals surface area contributed by atoms with Crippen LogP contribution in [0.4, 0.5) is 0 Å². The van der Waals surface area contributed by atoms with Gasteiger partial charge in [0, 0.05) is 50.1 Å². The van der Waals surface area contributed by atoms with Gasteiger partial charge in [-0.05, 0) is 6.07 Å². The molecule has 1 atom stereocenters. The Bertz CT molecular complexity index is 507. The summed E-state index contributed by atoms with van der Waals surface area (Å²) in [4.78, 5) is 16.6. The highest BCUT2D eigenvalue weighted by Crippen LogP contribution is 2.36. The van der Waals surface area contributed by atoms with Crippen LogP contribution in [-0.2, 0) is 4.79 Å². The van der Waals surface area contributed by atoms with Crippen LogP contribution in [0.25, 0.3) is 0 Å². The van der Waals surface area contributed by atoms with E-state index in [0.717, 1.165) is 45.0 Å². The Balaban J connectivity index is 1.67. The molecule has 2 aliphatic heterocycles. The van der Waals surface area contributed by atoms with Gasteiger partial charge >= 0.3 is 0 Å². The summed E-state index contributed by atoms with van der Waals surface area (Å²) >= 11 is 0. The number of benzene rings is 1. The number of carbonyl (C=O) groups excluding carboxylic acids is 1. The van der Waals surface area contributed by atoms with Crippen LogP contribution in [0, 0.1) is 5.92 Å². The first kappa shape index (κ1) is 14.4. The quantitative estimate of drug-likeness (QED) is 0.837. The maximum Gasteiger partial charge on any atom is 0.225 e. The largest absolute Gasteiger partial charge is 0.493 e. The molecule has 0 aromatic heterocycles. The Morgan fingerprint density at radius 3 is 2.62 bits per heavy atom. The third-order valence-electron chi connectivity index (χ3n) is 4.49. The van der Waals surface area contributed by atoms with Crippen molar-refractivity contribution in [2.24, 2.45) is 5.92 Å². The van der Waals surface area contributed by atoms with E-state index in [4.69, 9.17) is 4.74 Å². The Morgan fingerprint density at radius 2 is 1.90 bits per heavy atom. The number of carbonyl (C=O) groups is 1. The monoisotopic (exact) mass is 288 g/mol. The van der Waals surface area contributed by atoms with Gasteiger partial charge in [-0.15, -0.1) is 0 Å². The molecule has 2 heterocycles. The van der Waals surface area contributed by atoms with Crippen LogP contribution in [0.15, 0.2) is 24.3 Å². The Kier molecular flexibility index (Phi) is 4.15.